The molecule has 156 valence electrons. The summed E-state index contributed by atoms with van der Waals surface area (Å²) in [5.74, 6) is 0.483. The summed E-state index contributed by atoms with van der Waals surface area (Å²) in [5.41, 5.74) is 5.15. The van der Waals surface area contributed by atoms with Gasteiger partial charge in [0.15, 0.2) is 5.78 Å². The monoisotopic (exact) mass is 436 g/mol. The maximum absolute atomic E-state index is 14.0. The van der Waals surface area contributed by atoms with Gasteiger partial charge in [-0.3, -0.25) is 4.79 Å². The molecule has 1 aliphatic rings. The first-order chi connectivity index (χ1) is 13.9. The fourth-order valence-corrected chi connectivity index (χ4v) is 7.10. The van der Waals surface area contributed by atoms with Crippen LogP contribution in [0, 0.1) is 5.82 Å². The summed E-state index contributed by atoms with van der Waals surface area (Å²) < 4.78 is 20.4. The molecule has 3 aromatic rings. The average molecular weight is 437 g/mol. The van der Waals surface area contributed by atoms with Crippen molar-refractivity contribution in [3.63, 3.8) is 0 Å². The number of hydrogen-bond donors (Lipinski definition) is 0. The second-order valence-corrected chi connectivity index (χ2v) is 21.8. The Morgan fingerprint density at radius 2 is 1.63 bits per heavy atom. The molecule has 30 heavy (non-hydrogen) atoms. The lowest BCUT2D eigenvalue weighted by Crippen LogP contribution is -2.25. The molecule has 4 rings (SSSR count). The fraction of sp³-hybridized carbons (Fsp3) is 0.320. The van der Waals surface area contributed by atoms with Crippen molar-refractivity contribution in [2.24, 2.45) is 0 Å². The zero-order chi connectivity index (χ0) is 21.8. The van der Waals surface area contributed by atoms with E-state index >= 15 is 0 Å². The number of furan rings is 1. The highest BCUT2D eigenvalue weighted by Gasteiger charge is 2.31. The minimum atomic E-state index is -1.49. The van der Waals surface area contributed by atoms with E-state index in [0.29, 0.717) is 11.3 Å². The van der Waals surface area contributed by atoms with Crippen LogP contribution in [0.2, 0.25) is 45.3 Å². The summed E-state index contributed by atoms with van der Waals surface area (Å²) in [6.07, 6.45) is 2.01. The molecule has 1 heterocycles. The molecule has 0 radical (unpaired) electrons. The summed E-state index contributed by atoms with van der Waals surface area (Å²) in [7, 11) is -2.89. The van der Waals surface area contributed by atoms with E-state index in [0.717, 1.165) is 45.3 Å². The van der Waals surface area contributed by atoms with E-state index < -0.39 is 16.1 Å². The smallest absolute Gasteiger partial charge is 0.189 e. The van der Waals surface area contributed by atoms with Gasteiger partial charge in [0.25, 0.3) is 0 Å². The molecular weight excluding hydrogens is 407 g/mol. The lowest BCUT2D eigenvalue weighted by Gasteiger charge is -2.21. The van der Waals surface area contributed by atoms with E-state index in [1.54, 1.807) is 6.07 Å². The molecular formula is C25H29FO2Si2. The van der Waals surface area contributed by atoms with Crippen molar-refractivity contribution in [3.8, 4) is 11.3 Å². The first-order valence-electron chi connectivity index (χ1n) is 10.5. The van der Waals surface area contributed by atoms with Gasteiger partial charge in [-0.1, -0.05) is 57.5 Å². The van der Waals surface area contributed by atoms with Gasteiger partial charge < -0.3 is 4.42 Å². The quantitative estimate of drug-likeness (QED) is 0.386. The molecule has 1 aliphatic carbocycles. The van der Waals surface area contributed by atoms with Gasteiger partial charge in [0.05, 0.1) is 0 Å². The summed E-state index contributed by atoms with van der Waals surface area (Å²) in [6, 6.07) is 12.4. The first kappa shape index (κ1) is 21.0. The summed E-state index contributed by atoms with van der Waals surface area (Å²) >= 11 is 0. The van der Waals surface area contributed by atoms with Crippen LogP contribution in [0.25, 0.3) is 28.4 Å². The molecule has 0 saturated heterocycles. The molecule has 5 heteroatoms. The summed E-state index contributed by atoms with van der Waals surface area (Å²) in [4.78, 5) is 13.3. The van der Waals surface area contributed by atoms with Gasteiger partial charge in [0.1, 0.15) is 17.2 Å². The Morgan fingerprint density at radius 1 is 0.933 bits per heavy atom. The second kappa shape index (κ2) is 7.17. The van der Waals surface area contributed by atoms with E-state index in [2.05, 4.69) is 45.3 Å². The van der Waals surface area contributed by atoms with Crippen LogP contribution >= 0.6 is 0 Å². The van der Waals surface area contributed by atoms with Crippen LogP contribution in [0.3, 0.4) is 0 Å². The van der Waals surface area contributed by atoms with Crippen LogP contribution in [0.15, 0.2) is 46.4 Å². The third kappa shape index (κ3) is 4.01. The van der Waals surface area contributed by atoms with Crippen molar-refractivity contribution in [2.45, 2.75) is 51.4 Å². The Bertz CT molecular complexity index is 1190. The number of halogens is 1. The molecule has 0 N–H and O–H groups in total. The maximum atomic E-state index is 14.0. The van der Waals surface area contributed by atoms with Crippen LogP contribution in [-0.2, 0) is 6.04 Å². The molecule has 0 amide bonds. The number of Topliss-reactive ketones (excluding diaryl/α,β-unsaturated/α-hetero) is 1. The van der Waals surface area contributed by atoms with Crippen molar-refractivity contribution < 1.29 is 13.6 Å². The van der Waals surface area contributed by atoms with Crippen LogP contribution in [0.4, 0.5) is 4.39 Å². The SMILES string of the molecule is C[Si](C)(C)CC1=Cc2c(-c3cccc(F)c3)oc3c(C[Si](C)(C)C)ccc(c23)C1=O. The van der Waals surface area contributed by atoms with Crippen LogP contribution in [0.1, 0.15) is 21.5 Å². The zero-order valence-electron chi connectivity index (χ0n) is 18.7. The van der Waals surface area contributed by atoms with Crippen molar-refractivity contribution in [1.29, 1.82) is 0 Å². The van der Waals surface area contributed by atoms with Gasteiger partial charge in [-0.25, -0.2) is 4.39 Å². The highest BCUT2D eigenvalue weighted by Crippen LogP contribution is 2.43. The lowest BCUT2D eigenvalue weighted by atomic mass is 9.89. The van der Waals surface area contributed by atoms with Gasteiger partial charge in [0, 0.05) is 38.2 Å². The van der Waals surface area contributed by atoms with Crippen LogP contribution in [0.5, 0.6) is 0 Å². The number of hydrogen-bond acceptors (Lipinski definition) is 2. The van der Waals surface area contributed by atoms with Gasteiger partial charge in [-0.05, 0) is 47.5 Å². The molecule has 0 fully saturated rings. The number of benzene rings is 2. The van der Waals surface area contributed by atoms with Gasteiger partial charge in [-0.15, -0.1) is 0 Å². The summed E-state index contributed by atoms with van der Waals surface area (Å²) in [6.45, 7) is 13.8. The Balaban J connectivity index is 2.01. The Hall–Kier alpha value is -2.25. The van der Waals surface area contributed by atoms with Gasteiger partial charge in [0.2, 0.25) is 0 Å². The highest BCUT2D eigenvalue weighted by atomic mass is 28.3. The Morgan fingerprint density at radius 3 is 2.27 bits per heavy atom. The van der Waals surface area contributed by atoms with E-state index in [4.69, 9.17) is 4.42 Å². The summed E-state index contributed by atoms with van der Waals surface area (Å²) in [5, 5.41) is 0.898. The predicted molar refractivity (Wildman–Crippen MR) is 129 cm³/mol. The average Bonchev–Trinajstić information content (AvgIpc) is 2.98. The van der Waals surface area contributed by atoms with Crippen LogP contribution in [-0.4, -0.2) is 21.9 Å². The lowest BCUT2D eigenvalue weighted by molar-refractivity contribution is 0.103. The largest absolute Gasteiger partial charge is 0.455 e. The molecule has 2 aromatic carbocycles. The number of rotatable bonds is 5. The number of carbonyl (C=O) groups excluding carboxylic acids is 1. The predicted octanol–water partition coefficient (Wildman–Crippen LogP) is 7.58. The minimum Gasteiger partial charge on any atom is -0.455 e. The third-order valence-electron chi connectivity index (χ3n) is 5.34. The van der Waals surface area contributed by atoms with E-state index in [1.165, 1.54) is 12.1 Å². The van der Waals surface area contributed by atoms with Crippen molar-refractivity contribution in [1.82, 2.24) is 0 Å². The molecule has 0 atom stereocenters. The van der Waals surface area contributed by atoms with Crippen LogP contribution < -0.4 is 0 Å². The standard InChI is InChI=1S/C25H29FO2Si2/c1-29(2,3)14-17-10-11-20-22-21(13-18(23(20)27)15-30(4,5)6)24(28-25(17)22)16-8-7-9-19(26)12-16/h7-13H,14-15H2,1-6H3. The minimum absolute atomic E-state index is 0.112. The normalized spacial score (nSPS) is 14.4. The van der Waals surface area contributed by atoms with E-state index in [1.807, 2.05) is 18.2 Å². The molecule has 2 nitrogen and oxygen atoms in total. The van der Waals surface area contributed by atoms with Crippen molar-refractivity contribution in [2.75, 3.05) is 0 Å². The topological polar surface area (TPSA) is 30.2 Å². The van der Waals surface area contributed by atoms with Gasteiger partial charge in [-0.2, -0.15) is 0 Å². The molecule has 0 saturated carbocycles. The zero-order valence-corrected chi connectivity index (χ0v) is 20.7. The van der Waals surface area contributed by atoms with Crippen molar-refractivity contribution in [3.05, 3.63) is 64.5 Å². The molecule has 0 bridgehead atoms. The Kier molecular flexibility index (Phi) is 5.02. The molecule has 0 unspecified atom stereocenters. The fourth-order valence-electron chi connectivity index (χ4n) is 4.28. The maximum Gasteiger partial charge on any atom is 0.189 e. The Labute approximate surface area is 179 Å². The highest BCUT2D eigenvalue weighted by molar-refractivity contribution is 6.77. The van der Waals surface area contributed by atoms with Crippen molar-refractivity contribution >= 4 is 39.0 Å². The first-order valence-corrected chi connectivity index (χ1v) is 17.9. The number of allylic oxidation sites excluding steroid dienone is 1. The van der Waals surface area contributed by atoms with Gasteiger partial charge >= 0.3 is 0 Å². The second-order valence-electron chi connectivity index (χ2n) is 10.8. The molecule has 0 aliphatic heterocycles. The number of ketones is 1. The number of carbonyl (C=O) groups is 1. The third-order valence-corrected chi connectivity index (χ3v) is 8.22. The molecule has 1 aromatic heterocycles. The van der Waals surface area contributed by atoms with E-state index in [-0.39, 0.29) is 11.6 Å². The molecule has 0 spiro atoms. The van der Waals surface area contributed by atoms with E-state index in [9.17, 15) is 9.18 Å².